The lowest BCUT2D eigenvalue weighted by atomic mass is 9.81. The quantitative estimate of drug-likeness (QED) is 0.701. The van der Waals surface area contributed by atoms with Gasteiger partial charge >= 0.3 is 0 Å². The summed E-state index contributed by atoms with van der Waals surface area (Å²) in [4.78, 5) is 12.2. The van der Waals surface area contributed by atoms with E-state index in [-0.39, 0.29) is 0 Å². The third-order valence-electron chi connectivity index (χ3n) is 6.84. The van der Waals surface area contributed by atoms with Crippen LogP contribution in [0.25, 0.3) is 10.2 Å². The minimum atomic E-state index is 0.384. The summed E-state index contributed by atoms with van der Waals surface area (Å²) in [6.07, 6.45) is 9.74. The van der Waals surface area contributed by atoms with Crippen molar-refractivity contribution in [1.82, 2.24) is 9.97 Å². The zero-order valence-electron chi connectivity index (χ0n) is 15.4. The van der Waals surface area contributed by atoms with Crippen LogP contribution >= 0.6 is 11.3 Å². The molecule has 2 fully saturated rings. The molecule has 1 aromatic carbocycles. The summed E-state index contributed by atoms with van der Waals surface area (Å²) in [6.45, 7) is 1.18. The van der Waals surface area contributed by atoms with Gasteiger partial charge in [0, 0.05) is 35.8 Å². The molecule has 1 spiro atoms. The molecule has 2 aromatic heterocycles. The zero-order valence-corrected chi connectivity index (χ0v) is 16.2. The molecular weight excluding hydrogens is 352 g/mol. The predicted molar refractivity (Wildman–Crippen MR) is 112 cm³/mol. The molecule has 27 heavy (non-hydrogen) atoms. The topological polar surface area (TPSA) is 41.1 Å². The van der Waals surface area contributed by atoms with Crippen molar-refractivity contribution in [1.29, 1.82) is 0 Å². The van der Waals surface area contributed by atoms with Crippen LogP contribution in [-0.4, -0.2) is 28.6 Å². The summed E-state index contributed by atoms with van der Waals surface area (Å²) in [6, 6.07) is 14.0. The van der Waals surface area contributed by atoms with Crippen molar-refractivity contribution in [2.45, 2.75) is 56.0 Å². The summed E-state index contributed by atoms with van der Waals surface area (Å²) in [5.41, 5.74) is 3.00. The number of nitrogens with one attached hydrogen (secondary N) is 1. The Kier molecular flexibility index (Phi) is 3.49. The number of benzene rings is 1. The largest absolute Gasteiger partial charge is 0.359 e. The average Bonchev–Trinajstić information content (AvgIpc) is 3.37. The van der Waals surface area contributed by atoms with E-state index in [1.54, 1.807) is 11.3 Å². The smallest absolute Gasteiger partial charge is 0.184 e. The maximum Gasteiger partial charge on any atom is 0.184 e. The Morgan fingerprint density at radius 2 is 1.93 bits per heavy atom. The van der Waals surface area contributed by atoms with E-state index in [9.17, 15) is 0 Å². The van der Waals surface area contributed by atoms with Crippen LogP contribution in [0.15, 0.2) is 42.6 Å². The molecule has 5 heteroatoms. The van der Waals surface area contributed by atoms with Crippen LogP contribution in [0.5, 0.6) is 0 Å². The van der Waals surface area contributed by atoms with Crippen molar-refractivity contribution in [3.63, 3.8) is 0 Å². The zero-order chi connectivity index (χ0) is 17.8. The van der Waals surface area contributed by atoms with Crippen molar-refractivity contribution in [2.75, 3.05) is 16.8 Å². The first-order valence-electron chi connectivity index (χ1n) is 10.2. The average molecular weight is 377 g/mol. The summed E-state index contributed by atoms with van der Waals surface area (Å²) >= 11 is 1.76. The van der Waals surface area contributed by atoms with E-state index >= 15 is 0 Å². The number of hydrogen-bond acceptors (Lipinski definition) is 5. The maximum atomic E-state index is 4.80. The first-order chi connectivity index (χ1) is 13.3. The molecule has 1 aliphatic heterocycles. The molecule has 0 radical (unpaired) electrons. The van der Waals surface area contributed by atoms with Crippen molar-refractivity contribution in [2.24, 2.45) is 0 Å². The molecule has 138 valence electrons. The molecular formula is C22H24N4S. The molecule has 3 aromatic rings. The Morgan fingerprint density at radius 1 is 1.07 bits per heavy atom. The summed E-state index contributed by atoms with van der Waals surface area (Å²) in [5.74, 6) is 1.27. The van der Waals surface area contributed by atoms with Gasteiger partial charge in [-0.25, -0.2) is 9.97 Å². The number of rotatable bonds is 3. The Balaban J connectivity index is 1.17. The van der Waals surface area contributed by atoms with Crippen LogP contribution in [0.4, 0.5) is 10.9 Å². The summed E-state index contributed by atoms with van der Waals surface area (Å²) in [7, 11) is 0. The number of pyridine rings is 1. The van der Waals surface area contributed by atoms with Gasteiger partial charge in [-0.15, -0.1) is 0 Å². The Labute approximate surface area is 163 Å². The lowest BCUT2D eigenvalue weighted by Crippen LogP contribution is -2.51. The van der Waals surface area contributed by atoms with Crippen LogP contribution in [-0.2, 0) is 5.41 Å². The minimum absolute atomic E-state index is 0.384. The number of para-hydroxylation sites is 1. The molecule has 6 rings (SSSR count). The highest BCUT2D eigenvalue weighted by Crippen LogP contribution is 2.51. The van der Waals surface area contributed by atoms with Gasteiger partial charge in [0.25, 0.3) is 0 Å². The Bertz CT molecular complexity index is 952. The van der Waals surface area contributed by atoms with Gasteiger partial charge in [0.2, 0.25) is 0 Å². The molecule has 0 atom stereocenters. The molecule has 0 unspecified atom stereocenters. The molecule has 0 amide bonds. The lowest BCUT2D eigenvalue weighted by molar-refractivity contribution is 0.333. The van der Waals surface area contributed by atoms with Gasteiger partial charge in [0.1, 0.15) is 5.82 Å². The maximum absolute atomic E-state index is 4.80. The van der Waals surface area contributed by atoms with Gasteiger partial charge in [-0.2, -0.15) is 0 Å². The number of nitrogens with zero attached hydrogens (tertiary/aromatic N) is 3. The van der Waals surface area contributed by atoms with E-state index in [2.05, 4.69) is 46.6 Å². The van der Waals surface area contributed by atoms with E-state index in [4.69, 9.17) is 9.97 Å². The van der Waals surface area contributed by atoms with Crippen LogP contribution in [0.1, 0.15) is 44.1 Å². The number of hydrogen-bond donors (Lipinski definition) is 1. The molecule has 0 saturated heterocycles. The number of fused-ring (bicyclic) bond motifs is 3. The highest BCUT2D eigenvalue weighted by atomic mass is 32.1. The van der Waals surface area contributed by atoms with Crippen molar-refractivity contribution < 1.29 is 0 Å². The fraction of sp³-hybridized carbons (Fsp3) is 0.455. The van der Waals surface area contributed by atoms with E-state index in [1.807, 2.05) is 6.20 Å². The molecule has 2 saturated carbocycles. The van der Waals surface area contributed by atoms with Crippen molar-refractivity contribution >= 4 is 32.5 Å². The number of aromatic nitrogens is 2. The fourth-order valence-corrected chi connectivity index (χ4v) is 6.32. The van der Waals surface area contributed by atoms with Crippen molar-refractivity contribution in [3.05, 3.63) is 48.2 Å². The Hall–Kier alpha value is -2.14. The number of thiazole rings is 1. The predicted octanol–water partition coefficient (Wildman–Crippen LogP) is 4.97. The lowest BCUT2D eigenvalue weighted by Gasteiger charge is -2.43. The van der Waals surface area contributed by atoms with Crippen molar-refractivity contribution in [3.8, 4) is 0 Å². The van der Waals surface area contributed by atoms with Crippen LogP contribution in [0, 0.1) is 0 Å². The molecule has 4 nitrogen and oxygen atoms in total. The molecule has 1 N–H and O–H groups in total. The second kappa shape index (κ2) is 5.93. The summed E-state index contributed by atoms with van der Waals surface area (Å²) < 4.78 is 1.26. The monoisotopic (exact) mass is 376 g/mol. The molecule has 0 bridgehead atoms. The first-order valence-corrected chi connectivity index (χ1v) is 11.0. The third-order valence-corrected chi connectivity index (χ3v) is 7.81. The molecule has 3 heterocycles. The van der Waals surface area contributed by atoms with Gasteiger partial charge in [-0.1, -0.05) is 42.4 Å². The highest BCUT2D eigenvalue weighted by molar-refractivity contribution is 7.22. The standard InChI is InChI=1S/C22H24N4S/c1-2-8-19-18(7-1)25-21(27-19)24-15-12-16(13-15)26-14-22(9-3-4-10-22)17-6-5-11-23-20(17)26/h1-2,5-8,11,15-16H,3-4,9-10,12-14H2,(H,24,25). The van der Waals surface area contributed by atoms with Gasteiger partial charge in [-0.05, 0) is 43.9 Å². The van der Waals surface area contributed by atoms with E-state index < -0.39 is 0 Å². The second-order valence-electron chi connectivity index (χ2n) is 8.44. The fourth-order valence-electron chi connectivity index (χ4n) is 5.38. The second-order valence-corrected chi connectivity index (χ2v) is 9.47. The third kappa shape index (κ3) is 2.48. The Morgan fingerprint density at radius 3 is 2.78 bits per heavy atom. The molecule has 2 aliphatic carbocycles. The van der Waals surface area contributed by atoms with Crippen LogP contribution in [0.3, 0.4) is 0 Å². The normalized spacial score (nSPS) is 25.7. The van der Waals surface area contributed by atoms with Crippen LogP contribution in [0.2, 0.25) is 0 Å². The van der Waals surface area contributed by atoms with Gasteiger partial charge in [0.05, 0.1) is 10.2 Å². The minimum Gasteiger partial charge on any atom is -0.359 e. The van der Waals surface area contributed by atoms with Crippen LogP contribution < -0.4 is 10.2 Å². The SMILES string of the molecule is c1cnc2c(c1)C1(CCCC1)CN2C1CC(Nc2nc3ccccc3s2)C1. The van der Waals surface area contributed by atoms with Gasteiger partial charge in [0.15, 0.2) is 5.13 Å². The summed E-state index contributed by atoms with van der Waals surface area (Å²) in [5, 5.41) is 4.73. The highest BCUT2D eigenvalue weighted by Gasteiger charge is 2.48. The number of anilines is 2. The van der Waals surface area contributed by atoms with E-state index in [0.29, 0.717) is 17.5 Å². The first kappa shape index (κ1) is 15.9. The van der Waals surface area contributed by atoms with Gasteiger partial charge < -0.3 is 10.2 Å². The van der Waals surface area contributed by atoms with E-state index in [0.717, 1.165) is 10.6 Å². The molecule has 3 aliphatic rings. The van der Waals surface area contributed by atoms with Gasteiger partial charge in [-0.3, -0.25) is 0 Å². The van der Waals surface area contributed by atoms with E-state index in [1.165, 1.54) is 61.2 Å².